The summed E-state index contributed by atoms with van der Waals surface area (Å²) in [5.74, 6) is 0. The van der Waals surface area contributed by atoms with E-state index in [1.54, 1.807) is 0 Å². The Morgan fingerprint density at radius 1 is 1.00 bits per heavy atom. The maximum Gasteiger partial charge on any atom is 0.0366 e. The van der Waals surface area contributed by atoms with Gasteiger partial charge in [0.2, 0.25) is 0 Å². The molecule has 3 rings (SSSR count). The predicted octanol–water partition coefficient (Wildman–Crippen LogP) is 4.10. The van der Waals surface area contributed by atoms with Crippen LogP contribution in [0.3, 0.4) is 0 Å². The lowest BCUT2D eigenvalue weighted by Crippen LogP contribution is -2.49. The number of rotatable bonds is 5. The number of nitrogens with zero attached hydrogens (tertiary/aromatic N) is 1. The molecule has 1 saturated carbocycles. The van der Waals surface area contributed by atoms with Crippen LogP contribution in [0.25, 0.3) is 0 Å². The quantitative estimate of drug-likeness (QED) is 0.868. The third-order valence-electron chi connectivity index (χ3n) is 5.31. The van der Waals surface area contributed by atoms with Gasteiger partial charge < -0.3 is 10.2 Å². The molecule has 1 heterocycles. The average molecular weight is 272 g/mol. The Morgan fingerprint density at radius 2 is 1.70 bits per heavy atom. The lowest BCUT2D eigenvalue weighted by atomic mass is 9.75. The molecule has 1 N–H and O–H groups in total. The molecule has 0 aromatic heterocycles. The molecule has 0 spiro atoms. The Labute approximate surface area is 123 Å². The molecule has 1 aromatic rings. The van der Waals surface area contributed by atoms with Crippen LogP contribution in [0.2, 0.25) is 0 Å². The zero-order valence-electron chi connectivity index (χ0n) is 12.8. The Morgan fingerprint density at radius 3 is 2.25 bits per heavy atom. The van der Waals surface area contributed by atoms with E-state index in [0.29, 0.717) is 5.54 Å². The van der Waals surface area contributed by atoms with Crippen molar-refractivity contribution < 1.29 is 0 Å². The average Bonchev–Trinajstić information content (AvgIpc) is 2.48. The molecular formula is C18H28N2. The molecule has 1 saturated heterocycles. The van der Waals surface area contributed by atoms with Crippen molar-refractivity contribution in [2.24, 2.45) is 0 Å². The first kappa shape index (κ1) is 13.9. The molecule has 110 valence electrons. The van der Waals surface area contributed by atoms with Crippen LogP contribution in [0.4, 0.5) is 5.69 Å². The number of anilines is 1. The van der Waals surface area contributed by atoms with Gasteiger partial charge in [-0.2, -0.15) is 0 Å². The van der Waals surface area contributed by atoms with Gasteiger partial charge in [0.15, 0.2) is 0 Å². The summed E-state index contributed by atoms with van der Waals surface area (Å²) in [6, 6.07) is 9.22. The van der Waals surface area contributed by atoms with Crippen LogP contribution < -0.4 is 10.2 Å². The number of hydrogen-bond acceptors (Lipinski definition) is 2. The first-order chi connectivity index (χ1) is 9.81. The van der Waals surface area contributed by atoms with Gasteiger partial charge in [0.1, 0.15) is 0 Å². The highest BCUT2D eigenvalue weighted by Gasteiger charge is 2.34. The maximum atomic E-state index is 3.78. The molecule has 1 aliphatic carbocycles. The van der Waals surface area contributed by atoms with Crippen molar-refractivity contribution in [1.29, 1.82) is 0 Å². The summed E-state index contributed by atoms with van der Waals surface area (Å²) < 4.78 is 0. The zero-order valence-corrected chi connectivity index (χ0v) is 12.8. The predicted molar refractivity (Wildman–Crippen MR) is 86.2 cm³/mol. The van der Waals surface area contributed by atoms with Crippen molar-refractivity contribution in [3.05, 3.63) is 29.8 Å². The van der Waals surface area contributed by atoms with Crippen LogP contribution >= 0.6 is 0 Å². The lowest BCUT2D eigenvalue weighted by molar-refractivity contribution is 0.175. The van der Waals surface area contributed by atoms with Gasteiger partial charge in [0, 0.05) is 30.9 Å². The van der Waals surface area contributed by atoms with E-state index in [9.17, 15) is 0 Å². The standard InChI is InChI=1S/C18H28N2/c1-2-18(11-6-12-18)19-15-16-7-9-17(10-8-16)20-13-4-3-5-14-20/h7-10,19H,2-6,11-15H2,1H3. The molecule has 2 nitrogen and oxygen atoms in total. The van der Waals surface area contributed by atoms with Crippen molar-refractivity contribution in [2.45, 2.75) is 64.0 Å². The van der Waals surface area contributed by atoms with Gasteiger partial charge in [0.25, 0.3) is 0 Å². The van der Waals surface area contributed by atoms with E-state index in [-0.39, 0.29) is 0 Å². The molecule has 0 unspecified atom stereocenters. The second-order valence-electron chi connectivity index (χ2n) is 6.56. The van der Waals surface area contributed by atoms with E-state index < -0.39 is 0 Å². The van der Waals surface area contributed by atoms with Gasteiger partial charge in [0.05, 0.1) is 0 Å². The summed E-state index contributed by atoms with van der Waals surface area (Å²) in [7, 11) is 0. The van der Waals surface area contributed by atoms with Crippen LogP contribution in [0.1, 0.15) is 57.4 Å². The van der Waals surface area contributed by atoms with Crippen LogP contribution in [-0.2, 0) is 6.54 Å². The molecule has 0 radical (unpaired) electrons. The van der Waals surface area contributed by atoms with E-state index in [4.69, 9.17) is 0 Å². The number of piperidine rings is 1. The Hall–Kier alpha value is -1.02. The largest absolute Gasteiger partial charge is 0.372 e. The third kappa shape index (κ3) is 3.01. The zero-order chi connectivity index (χ0) is 13.8. The third-order valence-corrected chi connectivity index (χ3v) is 5.31. The molecule has 0 amide bonds. The van der Waals surface area contributed by atoms with Crippen LogP contribution in [0, 0.1) is 0 Å². The smallest absolute Gasteiger partial charge is 0.0366 e. The summed E-state index contributed by atoms with van der Waals surface area (Å²) in [4.78, 5) is 2.53. The molecule has 0 bridgehead atoms. The fourth-order valence-electron chi connectivity index (χ4n) is 3.53. The van der Waals surface area contributed by atoms with Gasteiger partial charge in [-0.1, -0.05) is 19.1 Å². The molecule has 20 heavy (non-hydrogen) atoms. The van der Waals surface area contributed by atoms with E-state index in [1.807, 2.05) is 0 Å². The van der Waals surface area contributed by atoms with Gasteiger partial charge in [-0.05, 0) is 62.6 Å². The molecule has 1 aliphatic heterocycles. The molecule has 1 aromatic carbocycles. The Bertz CT molecular complexity index is 408. The maximum absolute atomic E-state index is 3.78. The Balaban J connectivity index is 1.55. The van der Waals surface area contributed by atoms with Gasteiger partial charge >= 0.3 is 0 Å². The highest BCUT2D eigenvalue weighted by atomic mass is 15.1. The van der Waals surface area contributed by atoms with Crippen molar-refractivity contribution in [2.75, 3.05) is 18.0 Å². The lowest BCUT2D eigenvalue weighted by Gasteiger charge is -2.42. The van der Waals surface area contributed by atoms with E-state index in [0.717, 1.165) is 6.54 Å². The summed E-state index contributed by atoms with van der Waals surface area (Å²) in [5.41, 5.74) is 3.28. The SMILES string of the molecule is CCC1(NCc2ccc(N3CCCCC3)cc2)CCC1. The minimum absolute atomic E-state index is 0.450. The van der Waals surface area contributed by atoms with Crippen LogP contribution in [0.5, 0.6) is 0 Å². The fraction of sp³-hybridized carbons (Fsp3) is 0.667. The van der Waals surface area contributed by atoms with Crippen LogP contribution in [-0.4, -0.2) is 18.6 Å². The molecule has 2 heteroatoms. The fourth-order valence-corrected chi connectivity index (χ4v) is 3.53. The van der Waals surface area contributed by atoms with E-state index >= 15 is 0 Å². The molecular weight excluding hydrogens is 244 g/mol. The monoisotopic (exact) mass is 272 g/mol. The van der Waals surface area contributed by atoms with Crippen molar-refractivity contribution >= 4 is 5.69 Å². The molecule has 2 aliphatic rings. The minimum atomic E-state index is 0.450. The summed E-state index contributed by atoms with van der Waals surface area (Å²) >= 11 is 0. The van der Waals surface area contributed by atoms with Crippen molar-refractivity contribution in [1.82, 2.24) is 5.32 Å². The first-order valence-electron chi connectivity index (χ1n) is 8.40. The highest BCUT2D eigenvalue weighted by molar-refractivity contribution is 5.47. The Kier molecular flexibility index (Phi) is 4.30. The van der Waals surface area contributed by atoms with Crippen LogP contribution in [0.15, 0.2) is 24.3 Å². The molecule has 0 atom stereocenters. The number of hydrogen-bond donors (Lipinski definition) is 1. The number of nitrogens with one attached hydrogen (secondary N) is 1. The summed E-state index contributed by atoms with van der Waals surface area (Å²) in [6.45, 7) is 5.80. The second-order valence-corrected chi connectivity index (χ2v) is 6.56. The van der Waals surface area contributed by atoms with Gasteiger partial charge in [-0.25, -0.2) is 0 Å². The second kappa shape index (κ2) is 6.17. The van der Waals surface area contributed by atoms with E-state index in [2.05, 4.69) is 41.4 Å². The first-order valence-corrected chi connectivity index (χ1v) is 8.40. The van der Waals surface area contributed by atoms with Gasteiger partial charge in [-0.15, -0.1) is 0 Å². The van der Waals surface area contributed by atoms with E-state index in [1.165, 1.54) is 69.3 Å². The van der Waals surface area contributed by atoms with Gasteiger partial charge in [-0.3, -0.25) is 0 Å². The topological polar surface area (TPSA) is 15.3 Å². The summed E-state index contributed by atoms with van der Waals surface area (Å²) in [6.07, 6.45) is 9.47. The highest BCUT2D eigenvalue weighted by Crippen LogP contribution is 2.34. The normalized spacial score (nSPS) is 21.6. The minimum Gasteiger partial charge on any atom is -0.372 e. The number of benzene rings is 1. The summed E-state index contributed by atoms with van der Waals surface area (Å²) in [5, 5.41) is 3.78. The van der Waals surface area contributed by atoms with Crippen molar-refractivity contribution in [3.8, 4) is 0 Å². The van der Waals surface area contributed by atoms with Crippen molar-refractivity contribution in [3.63, 3.8) is 0 Å². The molecule has 2 fully saturated rings.